The van der Waals surface area contributed by atoms with Gasteiger partial charge in [0.15, 0.2) is 0 Å². The average Bonchev–Trinajstić information content (AvgIpc) is 2.81. The van der Waals surface area contributed by atoms with Crippen LogP contribution in [0.25, 0.3) is 0 Å². The molecule has 0 saturated heterocycles. The molecule has 1 atom stereocenters. The topological polar surface area (TPSA) is 49.4 Å². The molecule has 36 heavy (non-hydrogen) atoms. The summed E-state index contributed by atoms with van der Waals surface area (Å²) in [6.45, 7) is 8.22. The van der Waals surface area contributed by atoms with Gasteiger partial charge in [-0.3, -0.25) is 9.59 Å². The Morgan fingerprint density at radius 2 is 1.58 bits per heavy atom. The van der Waals surface area contributed by atoms with E-state index in [1.807, 2.05) is 81.4 Å². The van der Waals surface area contributed by atoms with Gasteiger partial charge in [0.1, 0.15) is 6.04 Å². The number of halogens is 1. The highest BCUT2D eigenvalue weighted by atomic mass is 35.5. The molecule has 6 heteroatoms. The van der Waals surface area contributed by atoms with Gasteiger partial charge in [0.05, 0.1) is 5.75 Å². The largest absolute Gasteiger partial charge is 0.350 e. The summed E-state index contributed by atoms with van der Waals surface area (Å²) >= 11 is 7.81. The number of nitrogens with zero attached hydrogens (tertiary/aromatic N) is 1. The second kappa shape index (κ2) is 13.0. The van der Waals surface area contributed by atoms with E-state index in [-0.39, 0.29) is 17.6 Å². The molecule has 0 bridgehead atoms. The third-order valence-corrected chi connectivity index (χ3v) is 6.81. The first-order valence-corrected chi connectivity index (χ1v) is 13.7. The van der Waals surface area contributed by atoms with Crippen LogP contribution in [0.5, 0.6) is 0 Å². The van der Waals surface area contributed by atoms with Crippen molar-refractivity contribution in [1.82, 2.24) is 10.2 Å². The van der Waals surface area contributed by atoms with E-state index in [2.05, 4.69) is 30.4 Å². The second-order valence-corrected chi connectivity index (χ2v) is 11.5. The van der Waals surface area contributed by atoms with E-state index >= 15 is 0 Å². The standard InChI is InChI=1S/C30H35ClN2O2S/c1-22-10-8-14-25(16-22)20-36-21-28(34)33(19-24-13-9-15-26(31)17-24)27(29(35)32-30(2,3)4)18-23-11-6-5-7-12-23/h5-17,27H,18-21H2,1-4H3,(H,32,35)/t27-/m1/s1. The molecule has 3 aromatic rings. The molecule has 1 N–H and O–H groups in total. The molecule has 0 fully saturated rings. The van der Waals surface area contributed by atoms with Crippen molar-refractivity contribution in [3.05, 3.63) is 106 Å². The number of rotatable bonds is 10. The molecule has 0 aliphatic carbocycles. The number of amides is 2. The molecule has 2 amide bonds. The van der Waals surface area contributed by atoms with Crippen LogP contribution in [0, 0.1) is 6.92 Å². The first kappa shape index (κ1) is 27.8. The van der Waals surface area contributed by atoms with E-state index < -0.39 is 11.6 Å². The molecule has 0 aromatic heterocycles. The lowest BCUT2D eigenvalue weighted by molar-refractivity contribution is -0.140. The van der Waals surface area contributed by atoms with E-state index in [1.165, 1.54) is 11.1 Å². The smallest absolute Gasteiger partial charge is 0.243 e. The van der Waals surface area contributed by atoms with Crippen LogP contribution in [0.15, 0.2) is 78.9 Å². The third kappa shape index (κ3) is 9.03. The predicted octanol–water partition coefficient (Wildman–Crippen LogP) is 6.44. The lowest BCUT2D eigenvalue weighted by atomic mass is 10.0. The summed E-state index contributed by atoms with van der Waals surface area (Å²) < 4.78 is 0. The number of thioether (sulfide) groups is 1. The minimum absolute atomic E-state index is 0.0716. The van der Waals surface area contributed by atoms with E-state index in [0.717, 1.165) is 16.9 Å². The SMILES string of the molecule is Cc1cccc(CSCC(=O)N(Cc2cccc(Cl)c2)[C@H](Cc2ccccc2)C(=O)NC(C)(C)C)c1. The van der Waals surface area contributed by atoms with Gasteiger partial charge < -0.3 is 10.2 Å². The Morgan fingerprint density at radius 1 is 0.917 bits per heavy atom. The fourth-order valence-corrected chi connectivity index (χ4v) is 5.05. The summed E-state index contributed by atoms with van der Waals surface area (Å²) in [5.41, 5.74) is 3.85. The lowest BCUT2D eigenvalue weighted by Crippen LogP contribution is -2.54. The van der Waals surface area contributed by atoms with Crippen LogP contribution in [0.3, 0.4) is 0 Å². The summed E-state index contributed by atoms with van der Waals surface area (Å²) in [7, 11) is 0. The molecular weight excluding hydrogens is 488 g/mol. The number of aryl methyl sites for hydroxylation is 1. The van der Waals surface area contributed by atoms with Crippen LogP contribution >= 0.6 is 23.4 Å². The van der Waals surface area contributed by atoms with Crippen molar-refractivity contribution in [3.8, 4) is 0 Å². The van der Waals surface area contributed by atoms with Gasteiger partial charge in [-0.1, -0.05) is 83.9 Å². The Labute approximate surface area is 224 Å². The van der Waals surface area contributed by atoms with Crippen molar-refractivity contribution in [2.24, 2.45) is 0 Å². The molecule has 0 spiro atoms. The molecule has 0 unspecified atom stereocenters. The van der Waals surface area contributed by atoms with Crippen LogP contribution in [0.2, 0.25) is 5.02 Å². The van der Waals surface area contributed by atoms with Gasteiger partial charge >= 0.3 is 0 Å². The van der Waals surface area contributed by atoms with Crippen molar-refractivity contribution in [2.75, 3.05) is 5.75 Å². The fraction of sp³-hybridized carbons (Fsp3) is 0.333. The molecule has 190 valence electrons. The van der Waals surface area contributed by atoms with E-state index in [4.69, 9.17) is 11.6 Å². The van der Waals surface area contributed by atoms with Gasteiger partial charge in [-0.2, -0.15) is 0 Å². The molecule has 3 aromatic carbocycles. The first-order valence-electron chi connectivity index (χ1n) is 12.1. The first-order chi connectivity index (χ1) is 17.1. The Hall–Kier alpha value is -2.76. The number of carbonyl (C=O) groups is 2. The van der Waals surface area contributed by atoms with E-state index in [1.54, 1.807) is 16.7 Å². The number of carbonyl (C=O) groups excluding carboxylic acids is 2. The molecule has 4 nitrogen and oxygen atoms in total. The van der Waals surface area contributed by atoms with Crippen LogP contribution < -0.4 is 5.32 Å². The van der Waals surface area contributed by atoms with Gasteiger partial charge in [0.25, 0.3) is 0 Å². The quantitative estimate of drug-likeness (QED) is 0.333. The summed E-state index contributed by atoms with van der Waals surface area (Å²) in [4.78, 5) is 29.0. The van der Waals surface area contributed by atoms with E-state index in [9.17, 15) is 9.59 Å². The normalized spacial score (nSPS) is 12.1. The van der Waals surface area contributed by atoms with Crippen LogP contribution in [-0.4, -0.2) is 34.0 Å². The molecule has 0 aliphatic rings. The average molecular weight is 523 g/mol. The van der Waals surface area contributed by atoms with Gasteiger partial charge in [0, 0.05) is 29.3 Å². The molecule has 0 aliphatic heterocycles. The maximum absolute atomic E-state index is 13.7. The van der Waals surface area contributed by atoms with Crippen molar-refractivity contribution in [1.29, 1.82) is 0 Å². The maximum atomic E-state index is 13.7. The minimum Gasteiger partial charge on any atom is -0.350 e. The summed E-state index contributed by atoms with van der Waals surface area (Å²) in [5.74, 6) is 0.779. The van der Waals surface area contributed by atoms with E-state index in [0.29, 0.717) is 18.0 Å². The van der Waals surface area contributed by atoms with Crippen molar-refractivity contribution in [3.63, 3.8) is 0 Å². The number of hydrogen-bond acceptors (Lipinski definition) is 3. The highest BCUT2D eigenvalue weighted by molar-refractivity contribution is 7.99. The predicted molar refractivity (Wildman–Crippen MR) is 151 cm³/mol. The second-order valence-electron chi connectivity index (χ2n) is 10.1. The molecule has 0 radical (unpaired) electrons. The Kier molecular flexibility index (Phi) is 10.0. The zero-order valence-corrected chi connectivity index (χ0v) is 23.0. The Morgan fingerprint density at radius 3 is 2.25 bits per heavy atom. The molecule has 3 rings (SSSR count). The number of benzene rings is 3. The summed E-state index contributed by atoms with van der Waals surface area (Å²) in [6, 6.07) is 25.0. The monoisotopic (exact) mass is 522 g/mol. The van der Waals surface area contributed by atoms with Gasteiger partial charge in [0.2, 0.25) is 11.8 Å². The highest BCUT2D eigenvalue weighted by Gasteiger charge is 2.32. The van der Waals surface area contributed by atoms with Crippen LogP contribution in [-0.2, 0) is 28.3 Å². The van der Waals surface area contributed by atoms with Crippen molar-refractivity contribution >= 4 is 35.2 Å². The zero-order valence-electron chi connectivity index (χ0n) is 21.5. The number of nitrogens with one attached hydrogen (secondary N) is 1. The summed E-state index contributed by atoms with van der Waals surface area (Å²) in [5, 5.41) is 3.70. The minimum atomic E-state index is -0.655. The van der Waals surface area contributed by atoms with Crippen LogP contribution in [0.4, 0.5) is 0 Å². The maximum Gasteiger partial charge on any atom is 0.243 e. The lowest BCUT2D eigenvalue weighted by Gasteiger charge is -2.34. The summed E-state index contributed by atoms with van der Waals surface area (Å²) in [6.07, 6.45) is 0.428. The zero-order chi connectivity index (χ0) is 26.1. The fourth-order valence-electron chi connectivity index (χ4n) is 3.98. The Balaban J connectivity index is 1.87. The highest BCUT2D eigenvalue weighted by Crippen LogP contribution is 2.21. The molecular formula is C30H35ClN2O2S. The van der Waals surface area contributed by atoms with Crippen molar-refractivity contribution in [2.45, 2.75) is 58.0 Å². The Bertz CT molecular complexity index is 1160. The van der Waals surface area contributed by atoms with Crippen molar-refractivity contribution < 1.29 is 9.59 Å². The molecule has 0 saturated carbocycles. The van der Waals surface area contributed by atoms with Gasteiger partial charge in [-0.05, 0) is 56.5 Å². The molecule has 0 heterocycles. The number of hydrogen-bond donors (Lipinski definition) is 1. The van der Waals surface area contributed by atoms with Gasteiger partial charge in [-0.25, -0.2) is 0 Å². The van der Waals surface area contributed by atoms with Gasteiger partial charge in [-0.15, -0.1) is 11.8 Å². The van der Waals surface area contributed by atoms with Crippen LogP contribution in [0.1, 0.15) is 43.0 Å². The third-order valence-electron chi connectivity index (χ3n) is 5.59.